The van der Waals surface area contributed by atoms with Crippen LogP contribution in [0, 0.1) is 5.92 Å². The molecule has 1 heterocycles. The lowest BCUT2D eigenvalue weighted by atomic mass is 9.86. The van der Waals surface area contributed by atoms with Crippen molar-refractivity contribution >= 4 is 5.91 Å². The molecule has 1 aliphatic rings. The van der Waals surface area contributed by atoms with E-state index in [1.165, 1.54) is 0 Å². The molecule has 1 saturated heterocycles. The Morgan fingerprint density at radius 2 is 2.50 bits per heavy atom. The zero-order chi connectivity index (χ0) is 7.72. The number of nitrogens with one attached hydrogen (secondary N) is 1. The number of amides is 1. The van der Waals surface area contributed by atoms with Crippen molar-refractivity contribution in [3.8, 4) is 0 Å². The molecule has 1 amide bonds. The highest BCUT2D eigenvalue weighted by Crippen LogP contribution is 2.19. The van der Waals surface area contributed by atoms with Gasteiger partial charge in [0.1, 0.15) is 0 Å². The van der Waals surface area contributed by atoms with Crippen LogP contribution in [-0.4, -0.2) is 23.2 Å². The Morgan fingerprint density at radius 3 is 2.70 bits per heavy atom. The summed E-state index contributed by atoms with van der Waals surface area (Å²) in [5.74, 6) is -0.364. The van der Waals surface area contributed by atoms with E-state index >= 15 is 0 Å². The van der Waals surface area contributed by atoms with E-state index in [9.17, 15) is 4.79 Å². The van der Waals surface area contributed by atoms with Crippen molar-refractivity contribution in [1.82, 2.24) is 5.32 Å². The molecule has 0 aromatic heterocycles. The van der Waals surface area contributed by atoms with Gasteiger partial charge in [0, 0.05) is 0 Å². The van der Waals surface area contributed by atoms with Crippen LogP contribution in [0.15, 0.2) is 12.7 Å². The Labute approximate surface area is 59.7 Å². The molecule has 0 aliphatic carbocycles. The fourth-order valence-corrected chi connectivity index (χ4v) is 1.14. The Bertz CT molecular complexity index is 165. The number of aliphatic hydroxyl groups is 1. The second-order valence-corrected chi connectivity index (χ2v) is 2.54. The van der Waals surface area contributed by atoms with Crippen molar-refractivity contribution in [2.45, 2.75) is 19.1 Å². The third kappa shape index (κ3) is 0.926. The monoisotopic (exact) mass is 141 g/mol. The minimum atomic E-state index is -0.572. The van der Waals surface area contributed by atoms with Gasteiger partial charge in [0.05, 0.1) is 18.1 Å². The van der Waals surface area contributed by atoms with Crippen molar-refractivity contribution in [3.63, 3.8) is 0 Å². The van der Waals surface area contributed by atoms with Gasteiger partial charge >= 0.3 is 0 Å². The highest BCUT2D eigenvalue weighted by atomic mass is 16.3. The van der Waals surface area contributed by atoms with E-state index < -0.39 is 6.10 Å². The van der Waals surface area contributed by atoms with Crippen molar-refractivity contribution < 1.29 is 9.90 Å². The minimum absolute atomic E-state index is 0.0347. The van der Waals surface area contributed by atoms with Crippen LogP contribution >= 0.6 is 0 Å². The van der Waals surface area contributed by atoms with Crippen LogP contribution in [-0.2, 0) is 4.79 Å². The van der Waals surface area contributed by atoms with Crippen LogP contribution in [0.25, 0.3) is 0 Å². The average molecular weight is 141 g/mol. The number of aliphatic hydroxyl groups excluding tert-OH is 1. The summed E-state index contributed by atoms with van der Waals surface area (Å²) in [6, 6.07) is -0.0347. The first kappa shape index (κ1) is 7.28. The fourth-order valence-electron chi connectivity index (χ4n) is 1.14. The average Bonchev–Trinajstić information content (AvgIpc) is 1.80. The Kier molecular flexibility index (Phi) is 1.76. The van der Waals surface area contributed by atoms with E-state index in [0.717, 1.165) is 0 Å². The highest BCUT2D eigenvalue weighted by Gasteiger charge is 2.40. The molecule has 0 radical (unpaired) electrons. The lowest BCUT2D eigenvalue weighted by Gasteiger charge is -2.36. The van der Waals surface area contributed by atoms with Crippen molar-refractivity contribution in [2.75, 3.05) is 0 Å². The summed E-state index contributed by atoms with van der Waals surface area (Å²) in [6.45, 7) is 5.13. The molecule has 1 aliphatic heterocycles. The Hall–Kier alpha value is -0.830. The molecule has 3 atom stereocenters. The third-order valence-corrected chi connectivity index (χ3v) is 1.77. The van der Waals surface area contributed by atoms with E-state index in [-0.39, 0.29) is 17.9 Å². The van der Waals surface area contributed by atoms with E-state index in [1.54, 1.807) is 13.0 Å². The first-order chi connectivity index (χ1) is 4.66. The lowest BCUT2D eigenvalue weighted by Crippen LogP contribution is -2.60. The van der Waals surface area contributed by atoms with Gasteiger partial charge in [-0.05, 0) is 6.92 Å². The third-order valence-electron chi connectivity index (χ3n) is 1.77. The summed E-state index contributed by atoms with van der Waals surface area (Å²) in [5.41, 5.74) is 0. The SMILES string of the molecule is C=CC1NC(=O)C1C(C)O. The van der Waals surface area contributed by atoms with Crippen LogP contribution in [0.2, 0.25) is 0 Å². The summed E-state index contributed by atoms with van der Waals surface area (Å²) in [7, 11) is 0. The molecule has 3 heteroatoms. The summed E-state index contributed by atoms with van der Waals surface area (Å²) in [4.78, 5) is 10.7. The molecule has 1 rings (SSSR count). The molecular weight excluding hydrogens is 130 g/mol. The predicted octanol–water partition coefficient (Wildman–Crippen LogP) is -0.332. The summed E-state index contributed by atoms with van der Waals surface area (Å²) >= 11 is 0. The maximum atomic E-state index is 10.7. The summed E-state index contributed by atoms with van der Waals surface area (Å²) in [5, 5.41) is 11.6. The van der Waals surface area contributed by atoms with Gasteiger partial charge in [-0.15, -0.1) is 6.58 Å². The quantitative estimate of drug-likeness (QED) is 0.408. The van der Waals surface area contributed by atoms with Gasteiger partial charge in [-0.1, -0.05) is 6.08 Å². The highest BCUT2D eigenvalue weighted by molar-refractivity contribution is 5.87. The zero-order valence-corrected chi connectivity index (χ0v) is 5.87. The maximum absolute atomic E-state index is 10.7. The number of hydrogen-bond donors (Lipinski definition) is 2. The van der Waals surface area contributed by atoms with Crippen molar-refractivity contribution in [1.29, 1.82) is 0 Å². The molecule has 2 N–H and O–H groups in total. The molecule has 0 bridgehead atoms. The predicted molar refractivity (Wildman–Crippen MR) is 37.3 cm³/mol. The minimum Gasteiger partial charge on any atom is -0.392 e. The number of β-lactam (4-membered cyclic amide) rings is 1. The van der Waals surface area contributed by atoms with Crippen LogP contribution in [0.3, 0.4) is 0 Å². The standard InChI is InChI=1S/C7H11NO2/c1-3-5-6(4(2)9)7(10)8-5/h3-6,9H,1H2,2H3,(H,8,10). The van der Waals surface area contributed by atoms with Crippen molar-refractivity contribution in [2.24, 2.45) is 5.92 Å². The molecule has 0 aromatic carbocycles. The molecule has 10 heavy (non-hydrogen) atoms. The van der Waals surface area contributed by atoms with Gasteiger partial charge in [0.15, 0.2) is 0 Å². The van der Waals surface area contributed by atoms with E-state index in [2.05, 4.69) is 11.9 Å². The van der Waals surface area contributed by atoms with Crippen LogP contribution in [0.1, 0.15) is 6.92 Å². The Morgan fingerprint density at radius 1 is 1.90 bits per heavy atom. The fraction of sp³-hybridized carbons (Fsp3) is 0.571. The molecular formula is C7H11NO2. The first-order valence-electron chi connectivity index (χ1n) is 3.28. The normalized spacial score (nSPS) is 34.0. The van der Waals surface area contributed by atoms with Crippen LogP contribution in [0.4, 0.5) is 0 Å². The number of hydrogen-bond acceptors (Lipinski definition) is 2. The summed E-state index contributed by atoms with van der Waals surface area (Å²) < 4.78 is 0. The number of carbonyl (C=O) groups is 1. The van der Waals surface area contributed by atoms with E-state index in [4.69, 9.17) is 5.11 Å². The van der Waals surface area contributed by atoms with Gasteiger partial charge in [-0.25, -0.2) is 0 Å². The van der Waals surface area contributed by atoms with Gasteiger partial charge in [0.25, 0.3) is 0 Å². The van der Waals surface area contributed by atoms with Gasteiger partial charge in [-0.2, -0.15) is 0 Å². The zero-order valence-electron chi connectivity index (χ0n) is 5.87. The van der Waals surface area contributed by atoms with Crippen LogP contribution < -0.4 is 5.32 Å². The van der Waals surface area contributed by atoms with E-state index in [1.807, 2.05) is 0 Å². The molecule has 0 aromatic rings. The molecule has 0 saturated carbocycles. The van der Waals surface area contributed by atoms with Gasteiger partial charge in [-0.3, -0.25) is 4.79 Å². The molecule has 1 fully saturated rings. The van der Waals surface area contributed by atoms with Gasteiger partial charge < -0.3 is 10.4 Å². The van der Waals surface area contributed by atoms with E-state index in [0.29, 0.717) is 0 Å². The summed E-state index contributed by atoms with van der Waals surface area (Å²) in [6.07, 6.45) is 1.07. The van der Waals surface area contributed by atoms with Gasteiger partial charge in [0.2, 0.25) is 5.91 Å². The lowest BCUT2D eigenvalue weighted by molar-refractivity contribution is -0.138. The van der Waals surface area contributed by atoms with Crippen molar-refractivity contribution in [3.05, 3.63) is 12.7 Å². The number of carbonyl (C=O) groups excluding carboxylic acids is 1. The Balaban J connectivity index is 2.55. The molecule has 56 valence electrons. The second-order valence-electron chi connectivity index (χ2n) is 2.54. The molecule has 3 unspecified atom stereocenters. The maximum Gasteiger partial charge on any atom is 0.228 e. The largest absolute Gasteiger partial charge is 0.392 e. The topological polar surface area (TPSA) is 49.3 Å². The second kappa shape index (κ2) is 2.42. The molecule has 3 nitrogen and oxygen atoms in total. The smallest absolute Gasteiger partial charge is 0.228 e. The number of rotatable bonds is 2. The first-order valence-corrected chi connectivity index (χ1v) is 3.28. The van der Waals surface area contributed by atoms with Crippen LogP contribution in [0.5, 0.6) is 0 Å². The molecule has 0 spiro atoms.